The van der Waals surface area contributed by atoms with Crippen molar-refractivity contribution in [2.24, 2.45) is 5.92 Å². The summed E-state index contributed by atoms with van der Waals surface area (Å²) in [5.74, 6) is -1.15. The molecule has 0 saturated carbocycles. The Balaban J connectivity index is 1.42. The molecule has 7 nitrogen and oxygen atoms in total. The Morgan fingerprint density at radius 2 is 1.56 bits per heavy atom. The lowest BCUT2D eigenvalue weighted by Gasteiger charge is -2.48. The summed E-state index contributed by atoms with van der Waals surface area (Å²) in [5, 5.41) is 21.4. The van der Waals surface area contributed by atoms with Crippen LogP contribution in [0.4, 0.5) is 10.1 Å². The Morgan fingerprint density at radius 3 is 2.21 bits per heavy atom. The molecule has 1 aliphatic rings. The van der Waals surface area contributed by atoms with Crippen molar-refractivity contribution in [1.29, 1.82) is 0 Å². The van der Waals surface area contributed by atoms with E-state index < -0.39 is 31.5 Å². The summed E-state index contributed by atoms with van der Waals surface area (Å²) in [6.45, 7) is 0. The first-order valence-electron chi connectivity index (χ1n) is 12.4. The molecule has 0 spiro atoms. The van der Waals surface area contributed by atoms with Crippen LogP contribution in [0.1, 0.15) is 36.1 Å². The SMILES string of the molecule is O=C1[C@H](CC[C@H](O)c2ccccc2F)[C@@H](c2ccc(-c3ccc(P(=O)(O)O)cc3)c(O)c2)N1c1ccccc1. The molecule has 9 heteroatoms. The summed E-state index contributed by atoms with van der Waals surface area (Å²) in [5.41, 5.74) is 2.63. The number of benzene rings is 4. The fourth-order valence-corrected chi connectivity index (χ4v) is 5.68. The van der Waals surface area contributed by atoms with Crippen LogP contribution in [0.3, 0.4) is 0 Å². The number of carbonyl (C=O) groups excluding carboxylic acids is 1. The molecule has 200 valence electrons. The molecule has 0 bridgehead atoms. The molecule has 1 amide bonds. The average Bonchev–Trinajstić information content (AvgIpc) is 2.92. The number of hydrogen-bond donors (Lipinski definition) is 4. The molecule has 3 atom stereocenters. The summed E-state index contributed by atoms with van der Waals surface area (Å²) < 4.78 is 25.6. The predicted molar refractivity (Wildman–Crippen MR) is 146 cm³/mol. The number of halogens is 1. The van der Waals surface area contributed by atoms with Gasteiger partial charge in [-0.3, -0.25) is 9.36 Å². The highest BCUT2D eigenvalue weighted by Gasteiger charge is 2.48. The number of aliphatic hydroxyl groups excluding tert-OH is 1. The van der Waals surface area contributed by atoms with Crippen LogP contribution in [0, 0.1) is 11.7 Å². The lowest BCUT2D eigenvalue weighted by molar-refractivity contribution is -0.131. The molecule has 1 fully saturated rings. The fraction of sp³-hybridized carbons (Fsp3) is 0.167. The number of amides is 1. The normalized spacial score (nSPS) is 18.1. The fourth-order valence-electron chi connectivity index (χ4n) is 5.14. The van der Waals surface area contributed by atoms with Crippen molar-refractivity contribution in [2.45, 2.75) is 25.0 Å². The maximum absolute atomic E-state index is 14.2. The third-order valence-corrected chi connectivity index (χ3v) is 8.11. The molecule has 4 N–H and O–H groups in total. The van der Waals surface area contributed by atoms with Crippen molar-refractivity contribution in [3.05, 3.63) is 114 Å². The number of rotatable bonds is 8. The Hall–Kier alpha value is -3.81. The Bertz CT molecular complexity index is 1540. The Morgan fingerprint density at radius 1 is 0.897 bits per heavy atom. The van der Waals surface area contributed by atoms with Crippen molar-refractivity contribution in [3.63, 3.8) is 0 Å². The van der Waals surface area contributed by atoms with Gasteiger partial charge in [0.2, 0.25) is 5.91 Å². The van der Waals surface area contributed by atoms with E-state index in [9.17, 15) is 33.7 Å². The van der Waals surface area contributed by atoms with Gasteiger partial charge in [-0.15, -0.1) is 0 Å². The van der Waals surface area contributed by atoms with Gasteiger partial charge >= 0.3 is 7.60 Å². The number of anilines is 1. The third kappa shape index (κ3) is 5.37. The van der Waals surface area contributed by atoms with E-state index >= 15 is 0 Å². The zero-order valence-corrected chi connectivity index (χ0v) is 21.7. The van der Waals surface area contributed by atoms with Crippen molar-refractivity contribution >= 4 is 24.5 Å². The summed E-state index contributed by atoms with van der Waals surface area (Å²) in [4.78, 5) is 33.7. The molecule has 1 heterocycles. The van der Waals surface area contributed by atoms with Gasteiger partial charge in [-0.25, -0.2) is 4.39 Å². The molecule has 1 saturated heterocycles. The number of hydrogen-bond acceptors (Lipinski definition) is 4. The number of nitrogens with zero attached hydrogens (tertiary/aromatic N) is 1. The highest BCUT2D eigenvalue weighted by molar-refractivity contribution is 7.60. The maximum atomic E-state index is 14.2. The maximum Gasteiger partial charge on any atom is 0.356 e. The quantitative estimate of drug-likeness (QED) is 0.178. The lowest BCUT2D eigenvalue weighted by Crippen LogP contribution is -2.55. The highest BCUT2D eigenvalue weighted by Crippen LogP contribution is 2.47. The number of para-hydroxylation sites is 1. The van der Waals surface area contributed by atoms with Crippen LogP contribution in [0.5, 0.6) is 5.75 Å². The largest absolute Gasteiger partial charge is 0.507 e. The van der Waals surface area contributed by atoms with Crippen LogP contribution in [-0.4, -0.2) is 25.9 Å². The summed E-state index contributed by atoms with van der Waals surface area (Å²) >= 11 is 0. The van der Waals surface area contributed by atoms with E-state index in [-0.39, 0.29) is 28.9 Å². The predicted octanol–water partition coefficient (Wildman–Crippen LogP) is 5.22. The molecule has 39 heavy (non-hydrogen) atoms. The molecule has 1 aliphatic heterocycles. The minimum Gasteiger partial charge on any atom is -0.507 e. The summed E-state index contributed by atoms with van der Waals surface area (Å²) in [6, 6.07) is 25.6. The van der Waals surface area contributed by atoms with E-state index in [0.717, 1.165) is 0 Å². The standard InChI is InChI=1S/C30H27FNO6P/c31-26-9-5-4-8-24(26)27(33)17-16-25-29(32(30(25)35)21-6-2-1-3-7-21)20-12-15-23(28(34)18-20)19-10-13-22(14-11-19)39(36,37)38/h1-15,18,25,27,29,33-34H,16-17H2,(H2,36,37,38)/t25-,27+,29-/m1/s1. The smallest absolute Gasteiger partial charge is 0.356 e. The van der Waals surface area contributed by atoms with Crippen LogP contribution in [0.15, 0.2) is 97.1 Å². The van der Waals surface area contributed by atoms with E-state index in [1.165, 1.54) is 36.4 Å². The minimum absolute atomic E-state index is 0.0473. The number of aliphatic hydroxyl groups is 1. The second kappa shape index (κ2) is 10.8. The molecule has 4 aromatic rings. The van der Waals surface area contributed by atoms with Crippen molar-refractivity contribution in [2.75, 3.05) is 4.90 Å². The molecular formula is C30H27FNO6P. The van der Waals surface area contributed by atoms with Crippen LogP contribution >= 0.6 is 7.60 Å². The van der Waals surface area contributed by atoms with E-state index in [2.05, 4.69) is 0 Å². The van der Waals surface area contributed by atoms with Gasteiger partial charge in [0.15, 0.2) is 0 Å². The summed E-state index contributed by atoms with van der Waals surface area (Å²) in [7, 11) is -4.38. The average molecular weight is 548 g/mol. The van der Waals surface area contributed by atoms with Crippen molar-refractivity contribution < 1.29 is 33.7 Å². The Labute approximate surface area is 225 Å². The first kappa shape index (κ1) is 26.8. The van der Waals surface area contributed by atoms with Gasteiger partial charge in [-0.2, -0.15) is 0 Å². The van der Waals surface area contributed by atoms with Gasteiger partial charge in [-0.1, -0.05) is 60.7 Å². The first-order valence-corrected chi connectivity index (χ1v) is 14.1. The number of phenols is 1. The third-order valence-electron chi connectivity index (χ3n) is 7.14. The second-order valence-electron chi connectivity index (χ2n) is 9.58. The van der Waals surface area contributed by atoms with E-state index in [4.69, 9.17) is 0 Å². The van der Waals surface area contributed by atoms with Gasteiger partial charge in [0.1, 0.15) is 11.6 Å². The Kier molecular flexibility index (Phi) is 7.38. The van der Waals surface area contributed by atoms with Crippen LogP contribution in [-0.2, 0) is 9.36 Å². The van der Waals surface area contributed by atoms with Gasteiger partial charge < -0.3 is 24.9 Å². The molecule has 0 aromatic heterocycles. The molecule has 0 aliphatic carbocycles. The van der Waals surface area contributed by atoms with Crippen molar-refractivity contribution in [1.82, 2.24) is 0 Å². The second-order valence-corrected chi connectivity index (χ2v) is 11.2. The molecule has 0 radical (unpaired) electrons. The monoisotopic (exact) mass is 547 g/mol. The van der Waals surface area contributed by atoms with Crippen LogP contribution in [0.2, 0.25) is 0 Å². The van der Waals surface area contributed by atoms with E-state index in [1.54, 1.807) is 35.2 Å². The molecule has 4 aromatic carbocycles. The molecule has 5 rings (SSSR count). The first-order chi connectivity index (χ1) is 18.6. The topological polar surface area (TPSA) is 118 Å². The summed E-state index contributed by atoms with van der Waals surface area (Å²) in [6.07, 6.45) is -0.557. The molecular weight excluding hydrogens is 520 g/mol. The number of β-lactam (4-membered cyclic amide) rings is 1. The van der Waals surface area contributed by atoms with Crippen molar-refractivity contribution in [3.8, 4) is 16.9 Å². The van der Waals surface area contributed by atoms with Crippen LogP contribution < -0.4 is 10.2 Å². The molecule has 0 unspecified atom stereocenters. The van der Waals surface area contributed by atoms with Gasteiger partial charge in [0.05, 0.1) is 23.4 Å². The lowest BCUT2D eigenvalue weighted by atomic mass is 9.78. The number of carbonyl (C=O) groups is 1. The van der Waals surface area contributed by atoms with Gasteiger partial charge in [0, 0.05) is 16.8 Å². The van der Waals surface area contributed by atoms with Gasteiger partial charge in [-0.05, 0) is 60.4 Å². The number of phenolic OH excluding ortho intramolecular Hbond substituents is 1. The van der Waals surface area contributed by atoms with Gasteiger partial charge in [0.25, 0.3) is 0 Å². The minimum atomic E-state index is -4.38. The number of aromatic hydroxyl groups is 1. The van der Waals surface area contributed by atoms with E-state index in [0.29, 0.717) is 28.8 Å². The van der Waals surface area contributed by atoms with Crippen LogP contribution in [0.25, 0.3) is 11.1 Å². The van der Waals surface area contributed by atoms with E-state index in [1.807, 2.05) is 30.3 Å². The highest BCUT2D eigenvalue weighted by atomic mass is 31.2. The zero-order valence-electron chi connectivity index (χ0n) is 20.8. The zero-order chi connectivity index (χ0) is 27.7.